The zero-order chi connectivity index (χ0) is 24.9. The monoisotopic (exact) mass is 495 g/mol. The third-order valence-electron chi connectivity index (χ3n) is 6.24. The van der Waals surface area contributed by atoms with Gasteiger partial charge in [-0.05, 0) is 29.7 Å². The molecule has 2 heterocycles. The normalized spacial score (nSPS) is 14.2. The number of fused-ring (bicyclic) bond motifs is 1. The zero-order valence-corrected chi connectivity index (χ0v) is 20.5. The van der Waals surface area contributed by atoms with Crippen LogP contribution in [0.4, 0.5) is 11.4 Å². The third kappa shape index (κ3) is 4.78. The first-order valence-corrected chi connectivity index (χ1v) is 12.2. The average Bonchev–Trinajstić information content (AvgIpc) is 3.46. The molecule has 0 aliphatic carbocycles. The van der Waals surface area contributed by atoms with Crippen LogP contribution in [0.2, 0.25) is 5.02 Å². The minimum atomic E-state index is -0.168. The predicted molar refractivity (Wildman–Crippen MR) is 145 cm³/mol. The van der Waals surface area contributed by atoms with E-state index in [1.165, 1.54) is 0 Å². The molecule has 0 unspecified atom stereocenters. The van der Waals surface area contributed by atoms with Gasteiger partial charge >= 0.3 is 0 Å². The Morgan fingerprint density at radius 2 is 1.72 bits per heavy atom. The van der Waals surface area contributed by atoms with Crippen molar-refractivity contribution in [3.05, 3.63) is 113 Å². The number of pyridine rings is 1. The maximum atomic E-state index is 9.90. The molecule has 0 bridgehead atoms. The summed E-state index contributed by atoms with van der Waals surface area (Å²) < 4.78 is 0. The lowest BCUT2D eigenvalue weighted by Gasteiger charge is -2.23. The molecule has 7 nitrogen and oxygen atoms in total. The molecule has 0 spiro atoms. The van der Waals surface area contributed by atoms with Crippen LogP contribution in [-0.2, 0) is 0 Å². The number of halogens is 1. The smallest absolute Gasteiger partial charge is 0.103 e. The average molecular weight is 496 g/mol. The fourth-order valence-corrected chi connectivity index (χ4v) is 4.70. The van der Waals surface area contributed by atoms with Crippen molar-refractivity contribution < 1.29 is 0 Å². The number of hydrazine groups is 2. The molecule has 5 rings (SSSR count). The van der Waals surface area contributed by atoms with Crippen LogP contribution in [0.15, 0.2) is 90.9 Å². The highest BCUT2D eigenvalue weighted by Crippen LogP contribution is 2.37. The zero-order valence-electron chi connectivity index (χ0n) is 19.7. The first kappa shape index (κ1) is 23.5. The Balaban J connectivity index is 1.58. The summed E-state index contributed by atoms with van der Waals surface area (Å²) in [5, 5.41) is 18.4. The summed E-state index contributed by atoms with van der Waals surface area (Å²) in [5.74, 6) is 0. The highest BCUT2D eigenvalue weighted by atomic mass is 35.5. The molecule has 1 aromatic heterocycles. The molecular formula is C28H26ClN7. The second-order valence-corrected chi connectivity index (χ2v) is 8.92. The molecule has 0 amide bonds. The van der Waals surface area contributed by atoms with Crippen LogP contribution in [0.1, 0.15) is 42.1 Å². The van der Waals surface area contributed by atoms with Gasteiger partial charge in [-0.2, -0.15) is 10.8 Å². The van der Waals surface area contributed by atoms with Crippen LogP contribution >= 0.6 is 11.6 Å². The minimum absolute atomic E-state index is 0.0290. The van der Waals surface area contributed by atoms with Gasteiger partial charge < -0.3 is 21.5 Å². The van der Waals surface area contributed by atoms with Gasteiger partial charge in [-0.3, -0.25) is 4.98 Å². The van der Waals surface area contributed by atoms with Gasteiger partial charge in [-0.15, -0.1) is 0 Å². The molecule has 0 saturated heterocycles. The predicted octanol–water partition coefficient (Wildman–Crippen LogP) is 5.93. The van der Waals surface area contributed by atoms with Crippen molar-refractivity contribution >= 4 is 33.9 Å². The molecule has 8 heteroatoms. The Morgan fingerprint density at radius 1 is 1.00 bits per heavy atom. The van der Waals surface area contributed by atoms with Crippen molar-refractivity contribution in [2.45, 2.75) is 25.4 Å². The fraction of sp³-hybridized carbons (Fsp3) is 0.143. The lowest BCUT2D eigenvalue weighted by atomic mass is 10.0. The van der Waals surface area contributed by atoms with Crippen LogP contribution in [0.25, 0.3) is 10.9 Å². The summed E-state index contributed by atoms with van der Waals surface area (Å²) in [5.41, 5.74) is 14.8. The van der Waals surface area contributed by atoms with Crippen LogP contribution < -0.4 is 27.0 Å². The van der Waals surface area contributed by atoms with Gasteiger partial charge in [0.05, 0.1) is 39.6 Å². The lowest BCUT2D eigenvalue weighted by molar-refractivity contribution is 0.583. The maximum Gasteiger partial charge on any atom is 0.103 e. The van der Waals surface area contributed by atoms with E-state index in [2.05, 4.69) is 69.3 Å². The minimum Gasteiger partial charge on any atom is -0.377 e. The standard InChI is InChI=1S/C28H26ClN7/c1-2-24(18-9-5-3-6-10-18)34-26-20(15-30)16-31-28-22(26)13-21(14-23(28)29)33-27(25-17-32-36-35-25)19-11-7-4-8-12-19/h3-14,16-17,24,27,32-33,35-36H,2H2,1H3,(H,31,34)/t24-,27+/m1/s1. The van der Waals surface area contributed by atoms with Gasteiger partial charge in [0.25, 0.3) is 0 Å². The van der Waals surface area contributed by atoms with E-state index in [0.717, 1.165) is 40.0 Å². The molecule has 0 radical (unpaired) electrons. The summed E-state index contributed by atoms with van der Waals surface area (Å²) in [4.78, 5) is 4.51. The van der Waals surface area contributed by atoms with E-state index in [9.17, 15) is 5.26 Å². The first-order chi connectivity index (χ1) is 17.7. The molecule has 1 aliphatic heterocycles. The molecule has 0 saturated carbocycles. The topological polar surface area (TPSA) is 96.8 Å². The molecule has 2 atom stereocenters. The van der Waals surface area contributed by atoms with Crippen LogP contribution in [-0.4, -0.2) is 4.98 Å². The number of nitrogens with zero attached hydrogens (tertiary/aromatic N) is 2. The van der Waals surface area contributed by atoms with Crippen LogP contribution in [0.3, 0.4) is 0 Å². The van der Waals surface area contributed by atoms with E-state index in [4.69, 9.17) is 11.6 Å². The number of benzene rings is 3. The Labute approximate surface area is 215 Å². The largest absolute Gasteiger partial charge is 0.377 e. The van der Waals surface area contributed by atoms with Gasteiger partial charge in [0.15, 0.2) is 0 Å². The first-order valence-electron chi connectivity index (χ1n) is 11.8. The molecule has 1 aliphatic rings. The van der Waals surface area contributed by atoms with E-state index in [1.54, 1.807) is 6.20 Å². The highest BCUT2D eigenvalue weighted by molar-refractivity contribution is 6.35. The Hall–Kier alpha value is -4.25. The third-order valence-corrected chi connectivity index (χ3v) is 6.52. The van der Waals surface area contributed by atoms with Crippen molar-refractivity contribution in [3.8, 4) is 6.07 Å². The summed E-state index contributed by atoms with van der Waals surface area (Å²) in [6.45, 7) is 2.12. The molecule has 0 fully saturated rings. The number of anilines is 2. The van der Waals surface area contributed by atoms with Gasteiger partial charge in [0, 0.05) is 23.5 Å². The summed E-state index contributed by atoms with van der Waals surface area (Å²) in [7, 11) is 0. The fourth-order valence-electron chi connectivity index (χ4n) is 4.43. The van der Waals surface area contributed by atoms with Crippen molar-refractivity contribution in [1.82, 2.24) is 21.4 Å². The Kier molecular flexibility index (Phi) is 6.89. The summed E-state index contributed by atoms with van der Waals surface area (Å²) in [6.07, 6.45) is 4.31. The molecule has 36 heavy (non-hydrogen) atoms. The maximum absolute atomic E-state index is 9.90. The Morgan fingerprint density at radius 3 is 2.36 bits per heavy atom. The SMILES string of the molecule is CC[C@@H](Nc1c(C#N)cnc2c(Cl)cc(N[C@H](C3=CNNN3)c3ccccc3)cc12)c1ccccc1. The molecule has 5 N–H and O–H groups in total. The molecular weight excluding hydrogens is 470 g/mol. The van der Waals surface area contributed by atoms with E-state index in [0.29, 0.717) is 16.1 Å². The van der Waals surface area contributed by atoms with Crippen LogP contribution in [0, 0.1) is 11.3 Å². The van der Waals surface area contributed by atoms with Crippen molar-refractivity contribution in [1.29, 1.82) is 5.26 Å². The molecule has 180 valence electrons. The number of nitriles is 1. The highest BCUT2D eigenvalue weighted by Gasteiger charge is 2.21. The van der Waals surface area contributed by atoms with E-state index >= 15 is 0 Å². The number of nitrogens with one attached hydrogen (secondary N) is 5. The van der Waals surface area contributed by atoms with E-state index in [1.807, 2.05) is 54.7 Å². The summed E-state index contributed by atoms with van der Waals surface area (Å²) in [6, 6.07) is 26.4. The van der Waals surface area contributed by atoms with Gasteiger partial charge in [0.1, 0.15) is 6.07 Å². The number of rotatable bonds is 8. The van der Waals surface area contributed by atoms with Gasteiger partial charge in [-0.25, -0.2) is 0 Å². The van der Waals surface area contributed by atoms with Crippen molar-refractivity contribution in [2.24, 2.45) is 0 Å². The van der Waals surface area contributed by atoms with E-state index in [-0.39, 0.29) is 12.1 Å². The van der Waals surface area contributed by atoms with Crippen LogP contribution in [0.5, 0.6) is 0 Å². The van der Waals surface area contributed by atoms with Gasteiger partial charge in [-0.1, -0.05) is 79.2 Å². The van der Waals surface area contributed by atoms with Crippen molar-refractivity contribution in [3.63, 3.8) is 0 Å². The lowest BCUT2D eigenvalue weighted by Crippen LogP contribution is -2.33. The summed E-state index contributed by atoms with van der Waals surface area (Å²) >= 11 is 6.74. The quantitative estimate of drug-likeness (QED) is 0.207. The molecule has 4 aromatic rings. The Bertz CT molecular complexity index is 1430. The number of hydrogen-bond donors (Lipinski definition) is 5. The van der Waals surface area contributed by atoms with E-state index < -0.39 is 0 Å². The van der Waals surface area contributed by atoms with Gasteiger partial charge in [0.2, 0.25) is 0 Å². The number of hydrogen-bond acceptors (Lipinski definition) is 7. The second-order valence-electron chi connectivity index (χ2n) is 8.51. The second kappa shape index (κ2) is 10.6. The molecule has 3 aromatic carbocycles. The van der Waals surface area contributed by atoms with Crippen molar-refractivity contribution in [2.75, 3.05) is 10.6 Å². The number of aromatic nitrogens is 1.